The molecule has 1 fully saturated rings. The standard InChI is InChI=1S/C26H20FN3OS/c27-19-12-10-17(11-13-19)20-8-4-5-9-21(20)25-22(14-28)30(23(25)16-31)26-29-15-24(32-26)18-6-2-1-3-7-18/h1-13,15,22-23,25,31H,16H2/t22-,23+,25+/m0/s1. The maximum atomic E-state index is 13.4. The summed E-state index contributed by atoms with van der Waals surface area (Å²) in [5.74, 6) is -0.475. The van der Waals surface area contributed by atoms with Gasteiger partial charge < -0.3 is 10.0 Å². The number of benzene rings is 3. The van der Waals surface area contributed by atoms with Gasteiger partial charge in [-0.1, -0.05) is 78.1 Å². The molecule has 0 saturated carbocycles. The lowest BCUT2D eigenvalue weighted by Gasteiger charge is -2.52. The Labute approximate surface area is 189 Å². The van der Waals surface area contributed by atoms with E-state index in [-0.39, 0.29) is 24.4 Å². The Morgan fingerprint density at radius 2 is 1.69 bits per heavy atom. The average Bonchev–Trinajstić information content (AvgIpc) is 3.30. The monoisotopic (exact) mass is 441 g/mol. The number of anilines is 1. The number of halogens is 1. The van der Waals surface area contributed by atoms with E-state index in [2.05, 4.69) is 11.1 Å². The van der Waals surface area contributed by atoms with Crippen LogP contribution in [0.3, 0.4) is 0 Å². The predicted molar refractivity (Wildman–Crippen MR) is 125 cm³/mol. The first-order valence-corrected chi connectivity index (χ1v) is 11.2. The van der Waals surface area contributed by atoms with Crippen LogP contribution in [0.15, 0.2) is 85.1 Å². The van der Waals surface area contributed by atoms with Crippen LogP contribution >= 0.6 is 11.3 Å². The predicted octanol–water partition coefficient (Wildman–Crippen LogP) is 5.47. The molecular formula is C26H20FN3OS. The van der Waals surface area contributed by atoms with Crippen LogP contribution in [-0.2, 0) is 0 Å². The zero-order valence-electron chi connectivity index (χ0n) is 17.1. The van der Waals surface area contributed by atoms with Crippen molar-refractivity contribution >= 4 is 16.5 Å². The number of aliphatic hydroxyl groups is 1. The van der Waals surface area contributed by atoms with Gasteiger partial charge in [0.1, 0.15) is 11.9 Å². The highest BCUT2D eigenvalue weighted by molar-refractivity contribution is 7.18. The molecule has 0 aliphatic carbocycles. The third kappa shape index (κ3) is 3.46. The lowest BCUT2D eigenvalue weighted by atomic mass is 9.74. The maximum absolute atomic E-state index is 13.4. The van der Waals surface area contributed by atoms with Crippen LogP contribution in [0.1, 0.15) is 11.5 Å². The van der Waals surface area contributed by atoms with Crippen LogP contribution in [-0.4, -0.2) is 28.8 Å². The first-order valence-electron chi connectivity index (χ1n) is 10.4. The summed E-state index contributed by atoms with van der Waals surface area (Å²) >= 11 is 1.52. The lowest BCUT2D eigenvalue weighted by molar-refractivity contribution is 0.188. The molecule has 1 aromatic heterocycles. The molecule has 4 aromatic rings. The van der Waals surface area contributed by atoms with E-state index in [1.165, 1.54) is 23.5 Å². The number of nitriles is 1. The van der Waals surface area contributed by atoms with Gasteiger partial charge >= 0.3 is 0 Å². The van der Waals surface area contributed by atoms with Crippen molar-refractivity contribution in [2.75, 3.05) is 11.5 Å². The van der Waals surface area contributed by atoms with E-state index in [1.54, 1.807) is 12.1 Å². The molecule has 3 aromatic carbocycles. The Balaban J connectivity index is 1.50. The Morgan fingerprint density at radius 1 is 0.969 bits per heavy atom. The highest BCUT2D eigenvalue weighted by Crippen LogP contribution is 2.47. The van der Waals surface area contributed by atoms with E-state index < -0.39 is 6.04 Å². The van der Waals surface area contributed by atoms with Gasteiger partial charge in [-0.15, -0.1) is 0 Å². The number of hydrogen-bond acceptors (Lipinski definition) is 5. The van der Waals surface area contributed by atoms with Crippen molar-refractivity contribution in [2.45, 2.75) is 18.0 Å². The number of rotatable bonds is 5. The van der Waals surface area contributed by atoms with E-state index in [4.69, 9.17) is 0 Å². The van der Waals surface area contributed by atoms with Gasteiger partial charge in [0.25, 0.3) is 0 Å². The SMILES string of the molecule is N#C[C@H]1[C@@H](c2ccccc2-c2ccc(F)cc2)[C@@H](CO)N1c1ncc(-c2ccccc2)s1. The third-order valence-corrected chi connectivity index (χ3v) is 7.04. The lowest BCUT2D eigenvalue weighted by Crippen LogP contribution is -2.63. The second kappa shape index (κ2) is 8.54. The molecule has 3 atom stereocenters. The van der Waals surface area contributed by atoms with Gasteiger partial charge in [0, 0.05) is 12.1 Å². The fourth-order valence-corrected chi connectivity index (χ4v) is 5.46. The normalized spacial score (nSPS) is 19.9. The second-order valence-corrected chi connectivity index (χ2v) is 8.73. The topological polar surface area (TPSA) is 60.1 Å². The molecular weight excluding hydrogens is 421 g/mol. The number of nitrogens with zero attached hydrogens (tertiary/aromatic N) is 3. The number of hydrogen-bond donors (Lipinski definition) is 1. The van der Waals surface area contributed by atoms with Gasteiger partial charge in [-0.05, 0) is 34.4 Å². The van der Waals surface area contributed by atoms with Gasteiger partial charge in [0.05, 0.1) is 23.6 Å². The summed E-state index contributed by atoms with van der Waals surface area (Å²) in [5.41, 5.74) is 3.87. The first kappa shape index (κ1) is 20.4. The van der Waals surface area contributed by atoms with Crippen LogP contribution in [0.25, 0.3) is 21.6 Å². The zero-order chi connectivity index (χ0) is 22.1. The molecule has 2 heterocycles. The van der Waals surface area contributed by atoms with Crippen LogP contribution in [0, 0.1) is 17.1 Å². The fraction of sp³-hybridized carbons (Fsp3) is 0.154. The second-order valence-electron chi connectivity index (χ2n) is 7.72. The Bertz CT molecular complexity index is 1270. The molecule has 0 spiro atoms. The highest BCUT2D eigenvalue weighted by atomic mass is 32.1. The van der Waals surface area contributed by atoms with Gasteiger partial charge in [0.15, 0.2) is 5.13 Å². The van der Waals surface area contributed by atoms with Crippen LogP contribution in [0.4, 0.5) is 9.52 Å². The molecule has 6 heteroatoms. The quantitative estimate of drug-likeness (QED) is 0.446. The summed E-state index contributed by atoms with van der Waals surface area (Å²) in [5, 5.41) is 21.0. The molecule has 0 bridgehead atoms. The molecule has 4 nitrogen and oxygen atoms in total. The third-order valence-electron chi connectivity index (χ3n) is 5.98. The fourth-order valence-electron chi connectivity index (χ4n) is 4.44. The molecule has 0 unspecified atom stereocenters. The van der Waals surface area contributed by atoms with Crippen molar-refractivity contribution in [3.63, 3.8) is 0 Å². The largest absolute Gasteiger partial charge is 0.394 e. The van der Waals surface area contributed by atoms with Crippen LogP contribution in [0.2, 0.25) is 0 Å². The number of aromatic nitrogens is 1. The molecule has 1 N–H and O–H groups in total. The summed E-state index contributed by atoms with van der Waals surface area (Å²) in [6.07, 6.45) is 1.82. The Hall–Kier alpha value is -3.53. The van der Waals surface area contributed by atoms with E-state index in [9.17, 15) is 14.8 Å². The number of aliphatic hydroxyl groups excluding tert-OH is 1. The molecule has 0 amide bonds. The van der Waals surface area contributed by atoms with Crippen LogP contribution < -0.4 is 4.90 Å². The molecule has 0 radical (unpaired) electrons. The minimum atomic E-state index is -0.455. The molecule has 32 heavy (non-hydrogen) atoms. The van der Waals surface area contributed by atoms with Gasteiger partial charge in [-0.2, -0.15) is 5.26 Å². The summed E-state index contributed by atoms with van der Waals surface area (Å²) in [6, 6.07) is 25.9. The first-order chi connectivity index (χ1) is 15.7. The molecule has 158 valence electrons. The van der Waals surface area contributed by atoms with Crippen LogP contribution in [0.5, 0.6) is 0 Å². The number of thiazole rings is 1. The molecule has 1 saturated heterocycles. The summed E-state index contributed by atoms with van der Waals surface area (Å²) < 4.78 is 13.4. The minimum Gasteiger partial charge on any atom is -0.394 e. The van der Waals surface area contributed by atoms with Crippen molar-refractivity contribution in [1.82, 2.24) is 4.98 Å². The summed E-state index contributed by atoms with van der Waals surface area (Å²) in [4.78, 5) is 7.51. The van der Waals surface area contributed by atoms with Gasteiger partial charge in [-0.3, -0.25) is 0 Å². The summed E-state index contributed by atoms with van der Waals surface area (Å²) in [7, 11) is 0. The van der Waals surface area contributed by atoms with Crippen molar-refractivity contribution in [2.24, 2.45) is 0 Å². The maximum Gasteiger partial charge on any atom is 0.187 e. The highest BCUT2D eigenvalue weighted by Gasteiger charge is 2.51. The molecule has 1 aliphatic heterocycles. The van der Waals surface area contributed by atoms with Crippen molar-refractivity contribution in [3.8, 4) is 27.6 Å². The van der Waals surface area contributed by atoms with E-state index >= 15 is 0 Å². The van der Waals surface area contributed by atoms with E-state index in [0.717, 1.165) is 32.3 Å². The zero-order valence-corrected chi connectivity index (χ0v) is 17.9. The summed E-state index contributed by atoms with van der Waals surface area (Å²) in [6.45, 7) is -0.0964. The Kier molecular flexibility index (Phi) is 5.44. The van der Waals surface area contributed by atoms with E-state index in [0.29, 0.717) is 0 Å². The van der Waals surface area contributed by atoms with Crippen molar-refractivity contribution < 1.29 is 9.50 Å². The van der Waals surface area contributed by atoms with Crippen molar-refractivity contribution in [1.29, 1.82) is 5.26 Å². The smallest absolute Gasteiger partial charge is 0.187 e. The van der Waals surface area contributed by atoms with Gasteiger partial charge in [-0.25, -0.2) is 9.37 Å². The molecule has 5 rings (SSSR count). The average molecular weight is 442 g/mol. The molecule has 1 aliphatic rings. The van der Waals surface area contributed by atoms with E-state index in [1.807, 2.05) is 65.7 Å². The van der Waals surface area contributed by atoms with Crippen molar-refractivity contribution in [3.05, 3.63) is 96.4 Å². The Morgan fingerprint density at radius 3 is 2.41 bits per heavy atom. The minimum absolute atomic E-state index is 0.0964. The van der Waals surface area contributed by atoms with Gasteiger partial charge in [0.2, 0.25) is 0 Å².